The SMILES string of the molecule is CC(C)(C)c1nc2cc(NC(=O)C3CCCC3)ccc2o1. The molecule has 1 fully saturated rings. The quantitative estimate of drug-likeness (QED) is 0.897. The molecule has 21 heavy (non-hydrogen) atoms. The highest BCUT2D eigenvalue weighted by Gasteiger charge is 2.23. The van der Waals surface area contributed by atoms with Crippen molar-refractivity contribution in [2.24, 2.45) is 5.92 Å². The zero-order valence-corrected chi connectivity index (χ0v) is 12.9. The van der Waals surface area contributed by atoms with E-state index in [2.05, 4.69) is 31.1 Å². The standard InChI is InChI=1S/C17H22N2O2/c1-17(2,3)16-19-13-10-12(8-9-14(13)21-16)18-15(20)11-6-4-5-7-11/h8-11H,4-7H2,1-3H3,(H,18,20). The van der Waals surface area contributed by atoms with Crippen molar-refractivity contribution in [2.45, 2.75) is 51.9 Å². The van der Waals surface area contributed by atoms with E-state index in [1.807, 2.05) is 18.2 Å². The molecule has 1 saturated carbocycles. The molecule has 0 spiro atoms. The zero-order valence-electron chi connectivity index (χ0n) is 12.9. The predicted octanol–water partition coefficient (Wildman–Crippen LogP) is 4.25. The molecule has 1 heterocycles. The number of benzene rings is 1. The van der Waals surface area contributed by atoms with E-state index in [1.54, 1.807) is 0 Å². The Morgan fingerprint density at radius 3 is 2.67 bits per heavy atom. The lowest BCUT2D eigenvalue weighted by molar-refractivity contribution is -0.119. The molecule has 1 aromatic heterocycles. The lowest BCUT2D eigenvalue weighted by atomic mass is 9.97. The highest BCUT2D eigenvalue weighted by atomic mass is 16.3. The van der Waals surface area contributed by atoms with E-state index in [9.17, 15) is 4.79 Å². The second-order valence-electron chi connectivity index (χ2n) is 6.92. The van der Waals surface area contributed by atoms with Crippen LogP contribution in [0.5, 0.6) is 0 Å². The van der Waals surface area contributed by atoms with Gasteiger partial charge in [0.25, 0.3) is 0 Å². The van der Waals surface area contributed by atoms with Gasteiger partial charge in [-0.15, -0.1) is 0 Å². The van der Waals surface area contributed by atoms with Crippen molar-refractivity contribution < 1.29 is 9.21 Å². The summed E-state index contributed by atoms with van der Waals surface area (Å²) in [5.74, 6) is 1.02. The molecule has 4 heteroatoms. The number of nitrogens with zero attached hydrogens (tertiary/aromatic N) is 1. The Balaban J connectivity index is 1.82. The first-order valence-electron chi connectivity index (χ1n) is 7.65. The average molecular weight is 286 g/mol. The van der Waals surface area contributed by atoms with E-state index in [4.69, 9.17) is 4.42 Å². The summed E-state index contributed by atoms with van der Waals surface area (Å²) < 4.78 is 5.77. The summed E-state index contributed by atoms with van der Waals surface area (Å²) >= 11 is 0. The van der Waals surface area contributed by atoms with Gasteiger partial charge >= 0.3 is 0 Å². The molecule has 0 bridgehead atoms. The summed E-state index contributed by atoms with van der Waals surface area (Å²) in [7, 11) is 0. The molecule has 3 rings (SSSR count). The number of carbonyl (C=O) groups excluding carboxylic acids is 1. The Labute approximate surface area is 124 Å². The van der Waals surface area contributed by atoms with Crippen LogP contribution in [0.4, 0.5) is 5.69 Å². The second-order valence-corrected chi connectivity index (χ2v) is 6.92. The summed E-state index contributed by atoms with van der Waals surface area (Å²) in [6, 6.07) is 5.65. The Morgan fingerprint density at radius 1 is 1.29 bits per heavy atom. The van der Waals surface area contributed by atoms with Gasteiger partial charge in [0.15, 0.2) is 5.58 Å². The molecule has 1 N–H and O–H groups in total. The Kier molecular flexibility index (Phi) is 3.47. The molecule has 0 unspecified atom stereocenters. The molecule has 4 nitrogen and oxygen atoms in total. The van der Waals surface area contributed by atoms with Crippen LogP contribution >= 0.6 is 0 Å². The lowest BCUT2D eigenvalue weighted by Crippen LogP contribution is -2.20. The van der Waals surface area contributed by atoms with Gasteiger partial charge < -0.3 is 9.73 Å². The van der Waals surface area contributed by atoms with Crippen molar-refractivity contribution in [1.82, 2.24) is 4.98 Å². The molecule has 2 aromatic rings. The van der Waals surface area contributed by atoms with Gasteiger partial charge in [0.2, 0.25) is 11.8 Å². The van der Waals surface area contributed by atoms with Crippen molar-refractivity contribution in [3.8, 4) is 0 Å². The molecule has 0 aliphatic heterocycles. The van der Waals surface area contributed by atoms with Gasteiger partial charge in [-0.05, 0) is 31.0 Å². The Hall–Kier alpha value is -1.84. The first-order valence-corrected chi connectivity index (χ1v) is 7.65. The third kappa shape index (κ3) is 2.94. The van der Waals surface area contributed by atoms with Gasteiger partial charge in [-0.2, -0.15) is 0 Å². The fraction of sp³-hybridized carbons (Fsp3) is 0.529. The number of nitrogens with one attached hydrogen (secondary N) is 1. The van der Waals surface area contributed by atoms with Crippen LogP contribution < -0.4 is 5.32 Å². The van der Waals surface area contributed by atoms with Gasteiger partial charge in [0.1, 0.15) is 5.52 Å². The third-order valence-corrected chi connectivity index (χ3v) is 4.02. The van der Waals surface area contributed by atoms with Crippen LogP contribution in [-0.2, 0) is 10.2 Å². The smallest absolute Gasteiger partial charge is 0.227 e. The fourth-order valence-electron chi connectivity index (χ4n) is 2.76. The summed E-state index contributed by atoms with van der Waals surface area (Å²) in [4.78, 5) is 16.7. The van der Waals surface area contributed by atoms with Crippen LogP contribution in [0.1, 0.15) is 52.3 Å². The molecule has 112 valence electrons. The zero-order chi connectivity index (χ0) is 15.0. The van der Waals surface area contributed by atoms with E-state index >= 15 is 0 Å². The molecule has 1 amide bonds. The largest absolute Gasteiger partial charge is 0.440 e. The van der Waals surface area contributed by atoms with Crippen molar-refractivity contribution in [2.75, 3.05) is 5.32 Å². The van der Waals surface area contributed by atoms with Crippen LogP contribution in [-0.4, -0.2) is 10.9 Å². The van der Waals surface area contributed by atoms with Crippen molar-refractivity contribution >= 4 is 22.7 Å². The molecule has 0 atom stereocenters. The monoisotopic (exact) mass is 286 g/mol. The van der Waals surface area contributed by atoms with Gasteiger partial charge in [0.05, 0.1) is 0 Å². The predicted molar refractivity (Wildman–Crippen MR) is 83.3 cm³/mol. The number of carbonyl (C=O) groups is 1. The van der Waals surface area contributed by atoms with E-state index < -0.39 is 0 Å². The van der Waals surface area contributed by atoms with E-state index in [-0.39, 0.29) is 17.2 Å². The number of hydrogen-bond donors (Lipinski definition) is 1. The number of rotatable bonds is 2. The van der Waals surface area contributed by atoms with E-state index in [0.717, 1.165) is 48.4 Å². The van der Waals surface area contributed by atoms with Crippen molar-refractivity contribution in [3.05, 3.63) is 24.1 Å². The Morgan fingerprint density at radius 2 is 2.00 bits per heavy atom. The molecule has 1 aliphatic carbocycles. The highest BCUT2D eigenvalue weighted by molar-refractivity contribution is 5.94. The molecule has 0 radical (unpaired) electrons. The summed E-state index contributed by atoms with van der Waals surface area (Å²) in [5, 5.41) is 3.00. The van der Waals surface area contributed by atoms with Crippen LogP contribution in [0.2, 0.25) is 0 Å². The van der Waals surface area contributed by atoms with E-state index in [0.29, 0.717) is 0 Å². The van der Waals surface area contributed by atoms with Crippen LogP contribution in [0, 0.1) is 5.92 Å². The highest BCUT2D eigenvalue weighted by Crippen LogP contribution is 2.29. The van der Waals surface area contributed by atoms with Crippen LogP contribution in [0.15, 0.2) is 22.6 Å². The van der Waals surface area contributed by atoms with Gasteiger partial charge in [-0.25, -0.2) is 4.98 Å². The Bertz CT molecular complexity index is 661. The first kappa shape index (κ1) is 14.1. The lowest BCUT2D eigenvalue weighted by Gasteiger charge is -2.11. The maximum Gasteiger partial charge on any atom is 0.227 e. The fourth-order valence-corrected chi connectivity index (χ4v) is 2.76. The number of oxazole rings is 1. The average Bonchev–Trinajstić information content (AvgIpc) is 3.06. The molecule has 1 aromatic carbocycles. The number of anilines is 1. The second kappa shape index (κ2) is 5.17. The molecule has 0 saturated heterocycles. The molecule has 1 aliphatic rings. The minimum Gasteiger partial charge on any atom is -0.440 e. The van der Waals surface area contributed by atoms with Gasteiger partial charge in [-0.3, -0.25) is 4.79 Å². The minimum atomic E-state index is -0.119. The van der Waals surface area contributed by atoms with Crippen LogP contribution in [0.3, 0.4) is 0 Å². The number of fused-ring (bicyclic) bond motifs is 1. The number of hydrogen-bond acceptors (Lipinski definition) is 3. The number of aromatic nitrogens is 1. The first-order chi connectivity index (χ1) is 9.93. The molecular formula is C17H22N2O2. The molecular weight excluding hydrogens is 264 g/mol. The van der Waals surface area contributed by atoms with Gasteiger partial charge in [-0.1, -0.05) is 33.6 Å². The summed E-state index contributed by atoms with van der Waals surface area (Å²) in [5.41, 5.74) is 2.24. The number of amides is 1. The van der Waals surface area contributed by atoms with Crippen molar-refractivity contribution in [1.29, 1.82) is 0 Å². The maximum atomic E-state index is 12.2. The third-order valence-electron chi connectivity index (χ3n) is 4.02. The summed E-state index contributed by atoms with van der Waals surface area (Å²) in [6.07, 6.45) is 4.34. The van der Waals surface area contributed by atoms with Gasteiger partial charge in [0, 0.05) is 17.0 Å². The van der Waals surface area contributed by atoms with E-state index in [1.165, 1.54) is 0 Å². The minimum absolute atomic E-state index is 0.119. The topological polar surface area (TPSA) is 55.1 Å². The van der Waals surface area contributed by atoms with Crippen molar-refractivity contribution in [3.63, 3.8) is 0 Å². The summed E-state index contributed by atoms with van der Waals surface area (Å²) in [6.45, 7) is 6.21. The maximum absolute atomic E-state index is 12.2. The van der Waals surface area contributed by atoms with Crippen LogP contribution in [0.25, 0.3) is 11.1 Å². The normalized spacial score (nSPS) is 16.5.